The fourth-order valence-electron chi connectivity index (χ4n) is 2.88. The quantitative estimate of drug-likeness (QED) is 0.655. The second kappa shape index (κ2) is 6.78. The largest absolute Gasteiger partial charge is 0.265 e. The van der Waals surface area contributed by atoms with Crippen molar-refractivity contribution >= 4 is 0 Å². The normalized spacial score (nSPS) is 13.6. The highest BCUT2D eigenvalue weighted by Crippen LogP contribution is 2.38. The van der Waals surface area contributed by atoms with Gasteiger partial charge in [-0.3, -0.25) is 4.98 Å². The highest BCUT2D eigenvalue weighted by atomic mass is 14.6. The summed E-state index contributed by atoms with van der Waals surface area (Å²) >= 11 is 0. The van der Waals surface area contributed by atoms with Gasteiger partial charge < -0.3 is 0 Å². The molecule has 0 saturated heterocycles. The van der Waals surface area contributed by atoms with Gasteiger partial charge in [0.05, 0.1) is 0 Å². The highest BCUT2D eigenvalue weighted by molar-refractivity contribution is 5.11. The molecule has 0 aliphatic carbocycles. The van der Waals surface area contributed by atoms with Crippen LogP contribution in [0.5, 0.6) is 0 Å². The third kappa shape index (κ3) is 4.14. The first-order chi connectivity index (χ1) is 8.12. The van der Waals surface area contributed by atoms with Crippen LogP contribution in [-0.4, -0.2) is 4.98 Å². The van der Waals surface area contributed by atoms with E-state index < -0.39 is 0 Å². The molecule has 1 aromatic rings. The Bertz CT molecular complexity index is 299. The number of nitrogens with zero attached hydrogens (tertiary/aromatic N) is 1. The molecule has 96 valence electrons. The molecule has 0 radical (unpaired) electrons. The van der Waals surface area contributed by atoms with Crippen LogP contribution in [0.2, 0.25) is 0 Å². The summed E-state index contributed by atoms with van der Waals surface area (Å²) in [7, 11) is 0. The Kier molecular flexibility index (Phi) is 5.67. The van der Waals surface area contributed by atoms with Gasteiger partial charge in [0.2, 0.25) is 0 Å². The van der Waals surface area contributed by atoms with Crippen LogP contribution in [0, 0.1) is 11.3 Å². The molecule has 0 spiro atoms. The lowest BCUT2D eigenvalue weighted by molar-refractivity contribution is 0.162. The molecule has 1 heterocycles. The van der Waals surface area contributed by atoms with Crippen molar-refractivity contribution in [2.75, 3.05) is 0 Å². The van der Waals surface area contributed by atoms with Crippen LogP contribution >= 0.6 is 0 Å². The van der Waals surface area contributed by atoms with E-state index in [1.54, 1.807) is 0 Å². The van der Waals surface area contributed by atoms with E-state index in [0.717, 1.165) is 5.92 Å². The molecule has 0 N–H and O–H groups in total. The molecular formula is C16H27N. The molecular weight excluding hydrogens is 206 g/mol. The molecule has 1 heteroatoms. The van der Waals surface area contributed by atoms with Crippen LogP contribution in [0.25, 0.3) is 0 Å². The standard InChI is InChI=1S/C16H27N/c1-5-9-16(4,10-6-2)14(3)13-15-7-11-17-12-8-15/h7-8,11-12,14H,5-6,9-10,13H2,1-4H3. The Hall–Kier alpha value is -0.850. The summed E-state index contributed by atoms with van der Waals surface area (Å²) in [4.78, 5) is 4.09. The molecule has 0 saturated carbocycles. The minimum Gasteiger partial charge on any atom is -0.265 e. The Morgan fingerprint density at radius 3 is 2.12 bits per heavy atom. The van der Waals surface area contributed by atoms with Crippen molar-refractivity contribution in [1.29, 1.82) is 0 Å². The van der Waals surface area contributed by atoms with E-state index >= 15 is 0 Å². The maximum absolute atomic E-state index is 4.09. The summed E-state index contributed by atoms with van der Waals surface area (Å²) < 4.78 is 0. The minimum atomic E-state index is 0.493. The van der Waals surface area contributed by atoms with Gasteiger partial charge in [0, 0.05) is 12.4 Å². The summed E-state index contributed by atoms with van der Waals surface area (Å²) in [5.74, 6) is 0.741. The van der Waals surface area contributed by atoms with E-state index in [4.69, 9.17) is 0 Å². The second-order valence-electron chi connectivity index (χ2n) is 5.61. The molecule has 1 rings (SSSR count). The van der Waals surface area contributed by atoms with Gasteiger partial charge in [0.1, 0.15) is 0 Å². The molecule has 0 bridgehead atoms. The summed E-state index contributed by atoms with van der Waals surface area (Å²) in [6, 6.07) is 4.30. The lowest BCUT2D eigenvalue weighted by Crippen LogP contribution is -2.27. The molecule has 1 aromatic heterocycles. The van der Waals surface area contributed by atoms with Crippen LogP contribution < -0.4 is 0 Å². The van der Waals surface area contributed by atoms with Crippen molar-refractivity contribution in [2.24, 2.45) is 11.3 Å². The van der Waals surface area contributed by atoms with Gasteiger partial charge >= 0.3 is 0 Å². The van der Waals surface area contributed by atoms with Gasteiger partial charge in [-0.1, -0.05) is 40.5 Å². The van der Waals surface area contributed by atoms with Gasteiger partial charge in [-0.05, 0) is 48.3 Å². The van der Waals surface area contributed by atoms with E-state index in [1.165, 1.54) is 37.7 Å². The first-order valence-corrected chi connectivity index (χ1v) is 7.01. The van der Waals surface area contributed by atoms with Gasteiger partial charge in [-0.15, -0.1) is 0 Å². The van der Waals surface area contributed by atoms with Gasteiger partial charge in [0.25, 0.3) is 0 Å². The van der Waals surface area contributed by atoms with Crippen molar-refractivity contribution < 1.29 is 0 Å². The fourth-order valence-corrected chi connectivity index (χ4v) is 2.88. The average molecular weight is 233 g/mol. The molecule has 0 aliphatic rings. The monoisotopic (exact) mass is 233 g/mol. The van der Waals surface area contributed by atoms with Crippen LogP contribution in [0.15, 0.2) is 24.5 Å². The lowest BCUT2D eigenvalue weighted by atomic mass is 9.69. The smallest absolute Gasteiger partial charge is 0.0270 e. The predicted molar refractivity (Wildman–Crippen MR) is 75.0 cm³/mol. The molecule has 0 aliphatic heterocycles. The van der Waals surface area contributed by atoms with E-state index in [2.05, 4.69) is 44.8 Å². The molecule has 0 aromatic carbocycles. The van der Waals surface area contributed by atoms with Crippen molar-refractivity contribution in [3.8, 4) is 0 Å². The number of aromatic nitrogens is 1. The Morgan fingerprint density at radius 2 is 1.65 bits per heavy atom. The summed E-state index contributed by atoms with van der Waals surface area (Å²) in [5.41, 5.74) is 1.91. The molecule has 1 nitrogen and oxygen atoms in total. The van der Waals surface area contributed by atoms with Crippen molar-refractivity contribution in [3.63, 3.8) is 0 Å². The number of hydrogen-bond acceptors (Lipinski definition) is 1. The van der Waals surface area contributed by atoms with Gasteiger partial charge in [0.15, 0.2) is 0 Å². The van der Waals surface area contributed by atoms with Crippen molar-refractivity contribution in [1.82, 2.24) is 4.98 Å². The first kappa shape index (κ1) is 14.2. The zero-order valence-corrected chi connectivity index (χ0v) is 11.9. The number of hydrogen-bond donors (Lipinski definition) is 0. The third-order valence-electron chi connectivity index (χ3n) is 4.12. The lowest BCUT2D eigenvalue weighted by Gasteiger charge is -2.36. The molecule has 0 amide bonds. The van der Waals surface area contributed by atoms with Crippen molar-refractivity contribution in [3.05, 3.63) is 30.1 Å². The predicted octanol–water partition coefficient (Wildman–Crippen LogP) is 4.87. The van der Waals surface area contributed by atoms with Gasteiger partial charge in [-0.2, -0.15) is 0 Å². The Balaban J connectivity index is 2.68. The SMILES string of the molecule is CCCC(C)(CCC)C(C)Cc1ccncc1. The molecule has 0 fully saturated rings. The van der Waals surface area contributed by atoms with Crippen LogP contribution in [0.1, 0.15) is 58.9 Å². The van der Waals surface area contributed by atoms with Crippen LogP contribution in [-0.2, 0) is 6.42 Å². The van der Waals surface area contributed by atoms with Crippen LogP contribution in [0.3, 0.4) is 0 Å². The highest BCUT2D eigenvalue weighted by Gasteiger charge is 2.29. The first-order valence-electron chi connectivity index (χ1n) is 7.01. The van der Waals surface area contributed by atoms with Crippen molar-refractivity contribution in [2.45, 2.75) is 59.8 Å². The fraction of sp³-hybridized carbons (Fsp3) is 0.688. The third-order valence-corrected chi connectivity index (χ3v) is 4.12. The summed E-state index contributed by atoms with van der Waals surface area (Å²) in [5, 5.41) is 0. The van der Waals surface area contributed by atoms with Gasteiger partial charge in [-0.25, -0.2) is 0 Å². The molecule has 17 heavy (non-hydrogen) atoms. The van der Waals surface area contributed by atoms with E-state index in [-0.39, 0.29) is 0 Å². The Labute approximate surface area is 107 Å². The maximum atomic E-state index is 4.09. The van der Waals surface area contributed by atoms with Crippen LogP contribution in [0.4, 0.5) is 0 Å². The number of pyridine rings is 1. The summed E-state index contributed by atoms with van der Waals surface area (Å²) in [6.45, 7) is 9.47. The van der Waals surface area contributed by atoms with E-state index in [1.807, 2.05) is 12.4 Å². The Morgan fingerprint density at radius 1 is 1.12 bits per heavy atom. The van der Waals surface area contributed by atoms with E-state index in [0.29, 0.717) is 5.41 Å². The molecule has 1 unspecified atom stereocenters. The maximum Gasteiger partial charge on any atom is 0.0270 e. The number of rotatable bonds is 7. The molecule has 1 atom stereocenters. The second-order valence-corrected chi connectivity index (χ2v) is 5.61. The van der Waals surface area contributed by atoms with E-state index in [9.17, 15) is 0 Å². The summed E-state index contributed by atoms with van der Waals surface area (Å²) in [6.07, 6.45) is 10.2. The minimum absolute atomic E-state index is 0.493. The topological polar surface area (TPSA) is 12.9 Å². The zero-order chi connectivity index (χ0) is 12.7. The average Bonchev–Trinajstić information content (AvgIpc) is 2.31. The zero-order valence-electron chi connectivity index (χ0n) is 11.9.